The Morgan fingerprint density at radius 2 is 2.00 bits per heavy atom. The Balaban J connectivity index is 1.82. The van der Waals surface area contributed by atoms with Gasteiger partial charge in [-0.2, -0.15) is 0 Å². The Morgan fingerprint density at radius 1 is 1.21 bits per heavy atom. The van der Waals surface area contributed by atoms with E-state index in [2.05, 4.69) is 26.2 Å². The number of hydrogen-bond donors (Lipinski definition) is 2. The molecule has 0 saturated carbocycles. The minimum Gasteiger partial charge on any atom is -0.359 e. The summed E-state index contributed by atoms with van der Waals surface area (Å²) in [6.45, 7) is 1.96. The number of aromatic nitrogens is 1. The molecule has 0 spiro atoms. The smallest absolute Gasteiger partial charge is 0.257 e. The number of nitrogens with one attached hydrogen (secondary N) is 2. The fourth-order valence-corrected chi connectivity index (χ4v) is 3.85. The molecule has 0 aliphatic carbocycles. The maximum atomic E-state index is 13.4. The SMILES string of the molecule is Cc1cc(Br)c2c(c1)C(=O)N(C)C(c1cc3cc(F)ccc3[nH]1)N2. The number of anilines is 1. The number of amides is 1. The van der Waals surface area contributed by atoms with E-state index in [9.17, 15) is 9.18 Å². The summed E-state index contributed by atoms with van der Waals surface area (Å²) in [6.07, 6.45) is -0.348. The van der Waals surface area contributed by atoms with Gasteiger partial charge in [-0.1, -0.05) is 0 Å². The Labute approximate surface area is 146 Å². The zero-order valence-corrected chi connectivity index (χ0v) is 14.7. The Hall–Kier alpha value is -2.34. The topological polar surface area (TPSA) is 48.1 Å². The molecule has 1 aromatic heterocycles. The van der Waals surface area contributed by atoms with Crippen molar-refractivity contribution in [2.75, 3.05) is 12.4 Å². The van der Waals surface area contributed by atoms with Gasteiger partial charge in [0.2, 0.25) is 0 Å². The monoisotopic (exact) mass is 387 g/mol. The number of benzene rings is 2. The molecule has 0 radical (unpaired) electrons. The number of H-pyrrole nitrogens is 1. The van der Waals surface area contributed by atoms with Crippen LogP contribution in [0.15, 0.2) is 40.9 Å². The van der Waals surface area contributed by atoms with Crippen molar-refractivity contribution in [2.45, 2.75) is 13.1 Å². The third kappa shape index (κ3) is 2.29. The van der Waals surface area contributed by atoms with E-state index in [0.717, 1.165) is 32.3 Å². The molecule has 0 saturated heterocycles. The summed E-state index contributed by atoms with van der Waals surface area (Å²) in [5.74, 6) is -0.333. The molecule has 4 rings (SSSR count). The van der Waals surface area contributed by atoms with E-state index in [1.165, 1.54) is 12.1 Å². The van der Waals surface area contributed by atoms with Gasteiger partial charge in [0.05, 0.1) is 16.9 Å². The molecule has 1 unspecified atom stereocenters. The van der Waals surface area contributed by atoms with E-state index in [0.29, 0.717) is 5.56 Å². The van der Waals surface area contributed by atoms with Crippen LogP contribution in [0.5, 0.6) is 0 Å². The standard InChI is InChI=1S/C18H15BrFN3O/c1-9-5-12-16(13(19)6-9)22-17(23(2)18(12)24)15-8-10-7-11(20)3-4-14(10)21-15/h3-8,17,21-22H,1-2H3. The maximum absolute atomic E-state index is 13.4. The van der Waals surface area contributed by atoms with E-state index in [1.807, 2.05) is 25.1 Å². The van der Waals surface area contributed by atoms with Crippen LogP contribution in [0.1, 0.15) is 27.8 Å². The van der Waals surface area contributed by atoms with Gasteiger partial charge in [-0.25, -0.2) is 4.39 Å². The summed E-state index contributed by atoms with van der Waals surface area (Å²) in [5.41, 5.74) is 4.08. The van der Waals surface area contributed by atoms with Crippen LogP contribution >= 0.6 is 15.9 Å². The highest BCUT2D eigenvalue weighted by Gasteiger charge is 2.32. The van der Waals surface area contributed by atoms with Crippen molar-refractivity contribution >= 4 is 38.4 Å². The molecule has 2 aromatic carbocycles. The highest BCUT2D eigenvalue weighted by Crippen LogP contribution is 2.38. The first-order valence-corrected chi connectivity index (χ1v) is 8.35. The molecule has 6 heteroatoms. The van der Waals surface area contributed by atoms with Crippen LogP contribution in [-0.4, -0.2) is 22.8 Å². The fourth-order valence-electron chi connectivity index (χ4n) is 3.16. The quantitative estimate of drug-likeness (QED) is 0.642. The number of hydrogen-bond acceptors (Lipinski definition) is 2. The summed E-state index contributed by atoms with van der Waals surface area (Å²) < 4.78 is 14.3. The van der Waals surface area contributed by atoms with Crippen LogP contribution in [0.2, 0.25) is 0 Å². The van der Waals surface area contributed by atoms with Crippen molar-refractivity contribution in [3.63, 3.8) is 0 Å². The number of fused-ring (bicyclic) bond motifs is 2. The highest BCUT2D eigenvalue weighted by atomic mass is 79.9. The van der Waals surface area contributed by atoms with Crippen molar-refractivity contribution in [1.82, 2.24) is 9.88 Å². The van der Waals surface area contributed by atoms with Crippen molar-refractivity contribution in [1.29, 1.82) is 0 Å². The molecule has 0 fully saturated rings. The number of aryl methyl sites for hydroxylation is 1. The predicted molar refractivity (Wildman–Crippen MR) is 95.6 cm³/mol. The second-order valence-electron chi connectivity index (χ2n) is 6.09. The van der Waals surface area contributed by atoms with Gasteiger partial charge in [-0.15, -0.1) is 0 Å². The van der Waals surface area contributed by atoms with E-state index in [1.54, 1.807) is 18.0 Å². The minimum atomic E-state index is -0.348. The van der Waals surface area contributed by atoms with Gasteiger partial charge in [0.1, 0.15) is 12.0 Å². The second-order valence-corrected chi connectivity index (χ2v) is 6.94. The van der Waals surface area contributed by atoms with Crippen LogP contribution in [-0.2, 0) is 0 Å². The lowest BCUT2D eigenvalue weighted by Crippen LogP contribution is -2.40. The number of aromatic amines is 1. The van der Waals surface area contributed by atoms with Crippen molar-refractivity contribution in [3.05, 3.63) is 63.5 Å². The van der Waals surface area contributed by atoms with Crippen LogP contribution in [0, 0.1) is 12.7 Å². The van der Waals surface area contributed by atoms with E-state index in [4.69, 9.17) is 0 Å². The van der Waals surface area contributed by atoms with Gasteiger partial charge < -0.3 is 15.2 Å². The van der Waals surface area contributed by atoms with Crippen molar-refractivity contribution < 1.29 is 9.18 Å². The third-order valence-electron chi connectivity index (χ3n) is 4.35. The summed E-state index contributed by atoms with van der Waals surface area (Å²) >= 11 is 3.53. The summed E-state index contributed by atoms with van der Waals surface area (Å²) in [5, 5.41) is 4.18. The van der Waals surface area contributed by atoms with Gasteiger partial charge in [0.15, 0.2) is 0 Å². The van der Waals surface area contributed by atoms with Gasteiger partial charge in [-0.3, -0.25) is 4.79 Å². The van der Waals surface area contributed by atoms with Gasteiger partial charge in [0.25, 0.3) is 5.91 Å². The van der Waals surface area contributed by atoms with Crippen LogP contribution in [0.3, 0.4) is 0 Å². The largest absolute Gasteiger partial charge is 0.359 e. The van der Waals surface area contributed by atoms with E-state index >= 15 is 0 Å². The van der Waals surface area contributed by atoms with Crippen molar-refractivity contribution in [2.24, 2.45) is 0 Å². The van der Waals surface area contributed by atoms with Crippen LogP contribution in [0.4, 0.5) is 10.1 Å². The number of nitrogens with zero attached hydrogens (tertiary/aromatic N) is 1. The van der Waals surface area contributed by atoms with Crippen LogP contribution < -0.4 is 5.32 Å². The average molecular weight is 388 g/mol. The summed E-state index contributed by atoms with van der Waals surface area (Å²) in [7, 11) is 1.76. The normalized spacial score (nSPS) is 17.1. The Kier molecular flexibility index (Phi) is 3.38. The van der Waals surface area contributed by atoms with Crippen molar-refractivity contribution in [3.8, 4) is 0 Å². The summed E-state index contributed by atoms with van der Waals surface area (Å²) in [4.78, 5) is 17.7. The average Bonchev–Trinajstić information content (AvgIpc) is 2.94. The Morgan fingerprint density at radius 3 is 2.79 bits per heavy atom. The molecule has 24 heavy (non-hydrogen) atoms. The fraction of sp³-hybridized carbons (Fsp3) is 0.167. The Bertz CT molecular complexity index is 982. The molecule has 1 amide bonds. The highest BCUT2D eigenvalue weighted by molar-refractivity contribution is 9.10. The van der Waals surface area contributed by atoms with Gasteiger partial charge >= 0.3 is 0 Å². The molecule has 0 bridgehead atoms. The summed E-state index contributed by atoms with van der Waals surface area (Å²) in [6, 6.07) is 10.3. The van der Waals surface area contributed by atoms with Crippen LogP contribution in [0.25, 0.3) is 10.9 Å². The zero-order chi connectivity index (χ0) is 17.0. The number of halogens is 2. The lowest BCUT2D eigenvalue weighted by molar-refractivity contribution is 0.0733. The molecule has 122 valence electrons. The van der Waals surface area contributed by atoms with Gasteiger partial charge in [-0.05, 0) is 64.8 Å². The number of rotatable bonds is 1. The molecule has 2 N–H and O–H groups in total. The zero-order valence-electron chi connectivity index (χ0n) is 13.2. The first-order valence-electron chi connectivity index (χ1n) is 7.56. The third-order valence-corrected chi connectivity index (χ3v) is 4.98. The molecular formula is C18H15BrFN3O. The number of carbonyl (C=O) groups excluding carboxylic acids is 1. The number of carbonyl (C=O) groups is 1. The first kappa shape index (κ1) is 15.2. The molecular weight excluding hydrogens is 373 g/mol. The lowest BCUT2D eigenvalue weighted by Gasteiger charge is -2.35. The maximum Gasteiger partial charge on any atom is 0.257 e. The molecule has 1 aliphatic heterocycles. The molecule has 1 aliphatic rings. The molecule has 2 heterocycles. The van der Waals surface area contributed by atoms with E-state index in [-0.39, 0.29) is 17.9 Å². The predicted octanol–water partition coefficient (Wildman–Crippen LogP) is 4.57. The minimum absolute atomic E-state index is 0.0528. The molecule has 1 atom stereocenters. The molecule has 4 nitrogen and oxygen atoms in total. The van der Waals surface area contributed by atoms with E-state index < -0.39 is 0 Å². The first-order chi connectivity index (χ1) is 11.4. The van der Waals surface area contributed by atoms with Gasteiger partial charge in [0, 0.05) is 22.4 Å². The second kappa shape index (κ2) is 5.34. The molecule has 3 aromatic rings. The lowest BCUT2D eigenvalue weighted by atomic mass is 10.0.